The third-order valence-electron chi connectivity index (χ3n) is 11.6. The summed E-state index contributed by atoms with van der Waals surface area (Å²) in [7, 11) is 0. The second kappa shape index (κ2) is 12.8. The maximum absolute atomic E-state index is 12.8. The van der Waals surface area contributed by atoms with Gasteiger partial charge in [0.15, 0.2) is 5.41 Å². The second-order valence-corrected chi connectivity index (χ2v) is 16.6. The van der Waals surface area contributed by atoms with Crippen molar-refractivity contribution in [2.24, 2.45) is 23.2 Å². The molecule has 2 saturated heterocycles. The molecule has 0 atom stereocenters. The maximum Gasteiger partial charge on any atom is 0.321 e. The van der Waals surface area contributed by atoms with Crippen LogP contribution < -0.4 is 0 Å². The van der Waals surface area contributed by atoms with E-state index < -0.39 is 17.4 Å². The molecule has 2 aliphatic heterocycles. The van der Waals surface area contributed by atoms with Crippen LogP contribution in [0.5, 0.6) is 0 Å². The van der Waals surface area contributed by atoms with Gasteiger partial charge in [0.1, 0.15) is 0 Å². The zero-order chi connectivity index (χ0) is 33.4. The van der Waals surface area contributed by atoms with E-state index in [0.717, 1.165) is 38.8 Å². The first-order chi connectivity index (χ1) is 20.8. The van der Waals surface area contributed by atoms with Crippen LogP contribution in [-0.2, 0) is 22.7 Å². The van der Waals surface area contributed by atoms with Crippen LogP contribution in [-0.4, -0.2) is 54.1 Å². The van der Waals surface area contributed by atoms with Crippen molar-refractivity contribution in [3.63, 3.8) is 0 Å². The quantitative estimate of drug-likeness (QED) is 0.246. The minimum absolute atomic E-state index is 0.0352. The van der Waals surface area contributed by atoms with Crippen molar-refractivity contribution in [1.82, 2.24) is 9.80 Å². The normalized spacial score (nSPS) is 22.4. The fourth-order valence-corrected chi connectivity index (χ4v) is 9.62. The molecule has 45 heavy (non-hydrogen) atoms. The van der Waals surface area contributed by atoms with Crippen LogP contribution in [0.2, 0.25) is 0 Å². The lowest BCUT2D eigenvalue weighted by molar-refractivity contribution is -0.169. The minimum Gasteiger partial charge on any atom is -0.480 e. The average molecular weight is 619 g/mol. The number of benzene rings is 2. The predicted octanol–water partition coefficient (Wildman–Crippen LogP) is 8.50. The van der Waals surface area contributed by atoms with E-state index in [1.54, 1.807) is 6.92 Å². The van der Waals surface area contributed by atoms with Gasteiger partial charge in [0.05, 0.1) is 0 Å². The van der Waals surface area contributed by atoms with E-state index in [-0.39, 0.29) is 52.8 Å². The zero-order valence-electron chi connectivity index (χ0n) is 29.3. The number of nitrogens with zero attached hydrogens (tertiary/aromatic N) is 2. The van der Waals surface area contributed by atoms with Crippen molar-refractivity contribution in [3.05, 3.63) is 71.8 Å². The summed E-state index contributed by atoms with van der Waals surface area (Å²) in [6, 6.07) is 21.2. The van der Waals surface area contributed by atoms with Crippen LogP contribution >= 0.6 is 0 Å². The molecule has 2 aromatic carbocycles. The van der Waals surface area contributed by atoms with Gasteiger partial charge in [-0.25, -0.2) is 0 Å². The molecule has 0 saturated carbocycles. The van der Waals surface area contributed by atoms with Gasteiger partial charge < -0.3 is 10.2 Å². The Morgan fingerprint density at radius 2 is 0.978 bits per heavy atom. The Balaban J connectivity index is 1.73. The van der Waals surface area contributed by atoms with Crippen LogP contribution in [0.25, 0.3) is 0 Å². The monoisotopic (exact) mass is 618 g/mol. The van der Waals surface area contributed by atoms with Crippen LogP contribution in [0.4, 0.5) is 0 Å². The molecule has 2 aliphatic rings. The molecular weight excluding hydrogens is 560 g/mol. The molecule has 2 N–H and O–H groups in total. The maximum atomic E-state index is 12.8. The van der Waals surface area contributed by atoms with Gasteiger partial charge in [0.2, 0.25) is 0 Å². The Morgan fingerprint density at radius 3 is 1.24 bits per heavy atom. The fourth-order valence-electron chi connectivity index (χ4n) is 9.62. The lowest BCUT2D eigenvalue weighted by Gasteiger charge is -2.60. The van der Waals surface area contributed by atoms with Gasteiger partial charge in [0, 0.05) is 35.2 Å². The number of likely N-dealkylation sites (tertiary alicyclic amines) is 2. The van der Waals surface area contributed by atoms with E-state index in [1.165, 1.54) is 11.1 Å². The first kappa shape index (κ1) is 35.2. The number of aliphatic carboxylic acids is 2. The molecule has 0 bridgehead atoms. The highest BCUT2D eigenvalue weighted by molar-refractivity contribution is 5.98. The van der Waals surface area contributed by atoms with E-state index in [1.807, 2.05) is 0 Å². The molecule has 0 radical (unpaired) electrons. The fraction of sp³-hybridized carbons (Fsp3) is 0.641. The third kappa shape index (κ3) is 7.33. The average Bonchev–Trinajstić information content (AvgIpc) is 2.93. The Hall–Kier alpha value is -2.70. The number of rotatable bonds is 11. The summed E-state index contributed by atoms with van der Waals surface area (Å²) in [4.78, 5) is 30.9. The summed E-state index contributed by atoms with van der Waals surface area (Å²) >= 11 is 0. The number of carbonyl (C=O) groups is 2. The number of carboxylic acid groups (broad SMARTS) is 2. The molecule has 2 heterocycles. The van der Waals surface area contributed by atoms with E-state index in [4.69, 9.17) is 0 Å². The summed E-state index contributed by atoms with van der Waals surface area (Å²) in [5, 5.41) is 20.9. The van der Waals surface area contributed by atoms with E-state index in [9.17, 15) is 19.8 Å². The van der Waals surface area contributed by atoms with Crippen molar-refractivity contribution in [1.29, 1.82) is 0 Å². The highest BCUT2D eigenvalue weighted by Gasteiger charge is 2.56. The molecule has 248 valence electrons. The van der Waals surface area contributed by atoms with Gasteiger partial charge in [0.25, 0.3) is 0 Å². The Kier molecular flexibility index (Phi) is 10.0. The highest BCUT2D eigenvalue weighted by Crippen LogP contribution is 2.54. The van der Waals surface area contributed by atoms with Crippen molar-refractivity contribution in [3.8, 4) is 0 Å². The van der Waals surface area contributed by atoms with Crippen molar-refractivity contribution >= 4 is 11.9 Å². The molecule has 2 aromatic rings. The SMILES string of the molecule is CCC(CC(C1CC(C)(C)N(Cc2ccccc2)C(C)(C)C1)C1CC(C)(C)N(Cc2ccccc2)C(C)(C)C1)(C(=O)O)C(=O)O. The van der Waals surface area contributed by atoms with E-state index in [0.29, 0.717) is 0 Å². The standard InChI is InChI=1S/C39H58N2O4/c1-10-39(33(42)43,34(44)45)25-32(30-21-35(2,3)40(36(4,5)22-30)26-28-17-13-11-14-18-28)31-23-37(6,7)41(38(8,9)24-31)27-29-19-15-12-16-20-29/h11-20,30-32H,10,21-27H2,1-9H3,(H,42,43)(H,44,45). The summed E-state index contributed by atoms with van der Waals surface area (Å²) in [5.74, 6) is -2.05. The minimum atomic E-state index is -1.80. The lowest BCUT2D eigenvalue weighted by Crippen LogP contribution is -2.63. The molecule has 2 fully saturated rings. The van der Waals surface area contributed by atoms with Gasteiger partial charge in [-0.3, -0.25) is 19.4 Å². The summed E-state index contributed by atoms with van der Waals surface area (Å²) in [5.41, 5.74) is 0.161. The molecule has 0 aliphatic carbocycles. The molecule has 0 spiro atoms. The second-order valence-electron chi connectivity index (χ2n) is 16.6. The summed E-state index contributed by atoms with van der Waals surface area (Å²) < 4.78 is 0. The number of hydrogen-bond donors (Lipinski definition) is 2. The van der Waals surface area contributed by atoms with Gasteiger partial charge in [-0.2, -0.15) is 0 Å². The van der Waals surface area contributed by atoms with Crippen LogP contribution in [0.3, 0.4) is 0 Å². The largest absolute Gasteiger partial charge is 0.480 e. The smallest absolute Gasteiger partial charge is 0.321 e. The summed E-state index contributed by atoms with van der Waals surface area (Å²) in [6.45, 7) is 22.0. The predicted molar refractivity (Wildman–Crippen MR) is 182 cm³/mol. The van der Waals surface area contributed by atoms with Crippen molar-refractivity contribution < 1.29 is 19.8 Å². The summed E-state index contributed by atoms with van der Waals surface area (Å²) in [6.07, 6.45) is 3.85. The Labute approximate surface area is 272 Å². The highest BCUT2D eigenvalue weighted by atomic mass is 16.4. The first-order valence-electron chi connectivity index (χ1n) is 16.9. The first-order valence-corrected chi connectivity index (χ1v) is 16.9. The van der Waals surface area contributed by atoms with Gasteiger partial charge in [-0.1, -0.05) is 67.6 Å². The molecule has 6 heteroatoms. The topological polar surface area (TPSA) is 81.1 Å². The van der Waals surface area contributed by atoms with Crippen LogP contribution in [0, 0.1) is 23.2 Å². The molecular formula is C39H58N2O4. The van der Waals surface area contributed by atoms with Gasteiger partial charge in [-0.05, 0) is 123 Å². The Morgan fingerprint density at radius 1 is 0.667 bits per heavy atom. The molecule has 4 rings (SSSR count). The number of hydrogen-bond acceptors (Lipinski definition) is 4. The van der Waals surface area contributed by atoms with E-state index >= 15 is 0 Å². The van der Waals surface area contributed by atoms with Crippen LogP contribution in [0.15, 0.2) is 60.7 Å². The number of piperidine rings is 2. The van der Waals surface area contributed by atoms with Crippen molar-refractivity contribution in [2.75, 3.05) is 0 Å². The number of carboxylic acids is 2. The van der Waals surface area contributed by atoms with E-state index in [2.05, 4.69) is 126 Å². The third-order valence-corrected chi connectivity index (χ3v) is 11.6. The van der Waals surface area contributed by atoms with Crippen molar-refractivity contribution in [2.45, 2.75) is 136 Å². The van der Waals surface area contributed by atoms with Gasteiger partial charge >= 0.3 is 11.9 Å². The van der Waals surface area contributed by atoms with Gasteiger partial charge in [-0.15, -0.1) is 0 Å². The molecule has 0 amide bonds. The van der Waals surface area contributed by atoms with Crippen LogP contribution in [0.1, 0.15) is 112 Å². The molecule has 0 unspecified atom stereocenters. The lowest BCUT2D eigenvalue weighted by atomic mass is 9.57. The molecule has 6 nitrogen and oxygen atoms in total. The zero-order valence-corrected chi connectivity index (χ0v) is 29.3. The Bertz CT molecular complexity index is 1190. The molecule has 0 aromatic heterocycles.